The second-order valence-corrected chi connectivity index (χ2v) is 0. The van der Waals surface area contributed by atoms with Crippen LogP contribution < -0.4 is 0 Å². The van der Waals surface area contributed by atoms with Gasteiger partial charge in [-0.3, -0.25) is 0 Å². The molecular formula is La2O7Ti2. The van der Waals surface area contributed by atoms with Crippen LogP contribution in [0.1, 0.15) is 0 Å². The smallest absolute Gasteiger partial charge is 2.00 e. The van der Waals surface area contributed by atoms with E-state index in [1.165, 1.54) is 0 Å². The van der Waals surface area contributed by atoms with Crippen LogP contribution in [0.5, 0.6) is 0 Å². The Morgan fingerprint density at radius 2 is 0.273 bits per heavy atom. The second kappa shape index (κ2) is 170. The van der Waals surface area contributed by atoms with Crippen molar-refractivity contribution in [1.29, 1.82) is 0 Å². The Bertz CT molecular complexity index is 14.4. The summed E-state index contributed by atoms with van der Waals surface area (Å²) in [5.74, 6) is 0. The summed E-state index contributed by atoms with van der Waals surface area (Å²) >= 11 is 0. The standard InChI is InChI=1S/2La.7O.2Ti/q2*+3;7*-2;2*+4. The van der Waals surface area contributed by atoms with E-state index in [2.05, 4.69) is 0 Å². The van der Waals surface area contributed by atoms with Gasteiger partial charge in [0.1, 0.15) is 0 Å². The van der Waals surface area contributed by atoms with E-state index in [1.54, 1.807) is 0 Å². The average molecular weight is 486 g/mol. The molecule has 0 atom stereocenters. The third-order valence-corrected chi connectivity index (χ3v) is 0. The van der Waals surface area contributed by atoms with Gasteiger partial charge >= 0.3 is 115 Å². The van der Waals surface area contributed by atoms with Gasteiger partial charge in [-0.15, -0.1) is 0 Å². The molecule has 0 aliphatic heterocycles. The molecule has 56 valence electrons. The van der Waals surface area contributed by atoms with Gasteiger partial charge in [0.05, 0.1) is 0 Å². The van der Waals surface area contributed by atoms with Crippen LogP contribution in [0.3, 0.4) is 0 Å². The molecule has 7 nitrogen and oxygen atoms in total. The van der Waals surface area contributed by atoms with E-state index in [4.69, 9.17) is 0 Å². The minimum atomic E-state index is 0. The van der Waals surface area contributed by atoms with Crippen molar-refractivity contribution < 1.29 is 153 Å². The third kappa shape index (κ3) is 144. The van der Waals surface area contributed by atoms with E-state index in [0.29, 0.717) is 0 Å². The average Bonchev–Trinajstić information content (AvgIpc) is 0. The SMILES string of the molecule is [La+3].[La+3].[O-2].[O-2].[O-2].[O-2].[O-2].[O-2].[O-2].[Ti+4].[Ti+4]. The van der Waals surface area contributed by atoms with Gasteiger partial charge in [-0.1, -0.05) is 0 Å². The molecule has 0 heterocycles. The van der Waals surface area contributed by atoms with Gasteiger partial charge in [0.2, 0.25) is 0 Å². The topological polar surface area (TPSA) is 200 Å². The van der Waals surface area contributed by atoms with E-state index in [0.717, 1.165) is 0 Å². The largest absolute Gasteiger partial charge is 4.00 e. The molecule has 0 bridgehead atoms. The normalized spacial score (nSPS) is 0. The maximum atomic E-state index is 0. The Kier molecular flexibility index (Phi) is 3290. The summed E-state index contributed by atoms with van der Waals surface area (Å²) in [6.45, 7) is 0. The van der Waals surface area contributed by atoms with Crippen LogP contribution in [0.4, 0.5) is 0 Å². The molecule has 0 rings (SSSR count). The molecule has 11 heavy (non-hydrogen) atoms. The van der Waals surface area contributed by atoms with Gasteiger partial charge in [-0.25, -0.2) is 0 Å². The molecule has 0 saturated heterocycles. The molecule has 0 radical (unpaired) electrons. The Morgan fingerprint density at radius 1 is 0.273 bits per heavy atom. The summed E-state index contributed by atoms with van der Waals surface area (Å²) in [4.78, 5) is 0. The summed E-state index contributed by atoms with van der Waals surface area (Å²) < 4.78 is 0. The van der Waals surface area contributed by atoms with Crippen LogP contribution in [0.2, 0.25) is 0 Å². The summed E-state index contributed by atoms with van der Waals surface area (Å²) in [5.41, 5.74) is 0. The summed E-state index contributed by atoms with van der Waals surface area (Å²) in [6.07, 6.45) is 0. The molecule has 0 amide bonds. The Morgan fingerprint density at radius 3 is 0.273 bits per heavy atom. The first-order valence-electron chi connectivity index (χ1n) is 0. The monoisotopic (exact) mass is 486 g/mol. The van der Waals surface area contributed by atoms with Crippen LogP contribution in [0, 0.1) is 71.2 Å². The minimum absolute atomic E-state index is 0. The number of hydrogen-bond donors (Lipinski definition) is 0. The third-order valence-electron chi connectivity index (χ3n) is 0. The molecule has 0 aliphatic rings. The Labute approximate surface area is 150 Å². The first kappa shape index (κ1) is 213. The van der Waals surface area contributed by atoms with Crippen molar-refractivity contribution in [3.63, 3.8) is 0 Å². The quantitative estimate of drug-likeness (QED) is 0.386. The fourth-order valence-electron chi connectivity index (χ4n) is 0. The molecule has 0 spiro atoms. The molecule has 0 saturated carbocycles. The number of rotatable bonds is 0. The van der Waals surface area contributed by atoms with Gasteiger partial charge in [0.25, 0.3) is 0 Å². The zero-order valence-corrected chi connectivity index (χ0v) is 15.4. The van der Waals surface area contributed by atoms with E-state index >= 15 is 0 Å². The van der Waals surface area contributed by atoms with Crippen molar-refractivity contribution in [2.45, 2.75) is 0 Å². The van der Waals surface area contributed by atoms with E-state index in [1.807, 2.05) is 0 Å². The van der Waals surface area contributed by atoms with Gasteiger partial charge in [0, 0.05) is 0 Å². The Hall–Kier alpha value is 3.54. The fourth-order valence-corrected chi connectivity index (χ4v) is 0. The zero-order chi connectivity index (χ0) is 0. The Balaban J connectivity index is 0. The zero-order valence-electron chi connectivity index (χ0n) is 5.01. The first-order chi connectivity index (χ1) is 0. The van der Waals surface area contributed by atoms with Gasteiger partial charge in [-0.2, -0.15) is 0 Å². The van der Waals surface area contributed by atoms with Crippen molar-refractivity contribution >= 4 is 0 Å². The van der Waals surface area contributed by atoms with Crippen molar-refractivity contribution in [3.8, 4) is 0 Å². The molecule has 0 aromatic rings. The molecule has 0 aromatic heterocycles. The van der Waals surface area contributed by atoms with Gasteiger partial charge in [-0.05, 0) is 0 Å². The van der Waals surface area contributed by atoms with Crippen molar-refractivity contribution in [1.82, 2.24) is 0 Å². The number of hydrogen-bond acceptors (Lipinski definition) is 0. The molecule has 0 aromatic carbocycles. The summed E-state index contributed by atoms with van der Waals surface area (Å²) in [5, 5.41) is 0. The first-order valence-corrected chi connectivity index (χ1v) is 0. The van der Waals surface area contributed by atoms with Crippen LogP contribution in [0.15, 0.2) is 0 Å². The predicted octanol–water partition coefficient (Wildman–Crippen LogP) is -0.837. The van der Waals surface area contributed by atoms with Gasteiger partial charge in [0.15, 0.2) is 0 Å². The molecule has 0 N–H and O–H groups in total. The van der Waals surface area contributed by atoms with E-state index in [-0.39, 0.29) is 153 Å². The molecular weight excluding hydrogens is 486 g/mol. The molecule has 11 heteroatoms. The van der Waals surface area contributed by atoms with Crippen LogP contribution >= 0.6 is 0 Å². The van der Waals surface area contributed by atoms with Crippen LogP contribution in [-0.2, 0) is 81.8 Å². The fraction of sp³-hybridized carbons (Fsp3) is 0. The van der Waals surface area contributed by atoms with E-state index < -0.39 is 0 Å². The van der Waals surface area contributed by atoms with Gasteiger partial charge < -0.3 is 38.3 Å². The maximum absolute atomic E-state index is 0. The molecule has 0 unspecified atom stereocenters. The second-order valence-electron chi connectivity index (χ2n) is 0. The maximum Gasteiger partial charge on any atom is 4.00 e. The summed E-state index contributed by atoms with van der Waals surface area (Å²) in [6, 6.07) is 0. The predicted molar refractivity (Wildman–Crippen MR) is 4.81 cm³/mol. The van der Waals surface area contributed by atoms with Crippen LogP contribution in [-0.4, -0.2) is 0 Å². The van der Waals surface area contributed by atoms with Crippen molar-refractivity contribution in [2.75, 3.05) is 0 Å². The van der Waals surface area contributed by atoms with Crippen molar-refractivity contribution in [2.24, 2.45) is 0 Å². The summed E-state index contributed by atoms with van der Waals surface area (Å²) in [7, 11) is 0. The van der Waals surface area contributed by atoms with E-state index in [9.17, 15) is 0 Å². The molecule has 0 aliphatic carbocycles. The van der Waals surface area contributed by atoms with Crippen LogP contribution in [0.25, 0.3) is 0 Å². The molecule has 0 fully saturated rings. The minimum Gasteiger partial charge on any atom is -2.00 e. The van der Waals surface area contributed by atoms with Crippen molar-refractivity contribution in [3.05, 3.63) is 0 Å².